The molecule has 0 radical (unpaired) electrons. The highest BCUT2D eigenvalue weighted by Crippen LogP contribution is 2.38. The molecule has 11 heteroatoms. The maximum Gasteiger partial charge on any atom is 0.338 e. The van der Waals surface area contributed by atoms with Crippen molar-refractivity contribution in [1.29, 1.82) is 0 Å². The standard InChI is InChI=1S/C28H24ClFN4O5/c29-28-32-23(31-18-11-12-18)19-13-14-34(24(19)33-28)25-21(30)22(39-27(36)17-9-5-2-6-10-17)20(38-25)15-37-26(35)16-7-3-1-4-8-16/h1-10,13-14,18,20-22,25H,11-12,15H2,(H,31,32,33)/t20-,21+,22-,25-/m1/s1. The summed E-state index contributed by atoms with van der Waals surface area (Å²) in [4.78, 5) is 34.0. The van der Waals surface area contributed by atoms with Gasteiger partial charge in [0.1, 0.15) is 24.2 Å². The molecule has 1 N–H and O–H groups in total. The first kappa shape index (κ1) is 25.3. The van der Waals surface area contributed by atoms with Gasteiger partial charge in [0.2, 0.25) is 5.28 Å². The Hall–Kier alpha value is -4.02. The number of hydrogen-bond donors (Lipinski definition) is 1. The van der Waals surface area contributed by atoms with Crippen LogP contribution in [0.15, 0.2) is 72.9 Å². The third kappa shape index (κ3) is 5.30. The Morgan fingerprint density at radius 3 is 2.33 bits per heavy atom. The van der Waals surface area contributed by atoms with Crippen LogP contribution in [0.2, 0.25) is 5.28 Å². The van der Waals surface area contributed by atoms with Gasteiger partial charge in [-0.25, -0.2) is 19.0 Å². The number of carbonyl (C=O) groups excluding carboxylic acids is 2. The van der Waals surface area contributed by atoms with E-state index < -0.39 is 36.5 Å². The van der Waals surface area contributed by atoms with Crippen LogP contribution in [0.25, 0.3) is 11.0 Å². The Morgan fingerprint density at radius 2 is 1.67 bits per heavy atom. The van der Waals surface area contributed by atoms with E-state index in [-0.39, 0.29) is 17.5 Å². The number of nitrogens with one attached hydrogen (secondary N) is 1. The van der Waals surface area contributed by atoms with Crippen LogP contribution in [0.4, 0.5) is 10.2 Å². The van der Waals surface area contributed by atoms with Crippen LogP contribution in [0.5, 0.6) is 0 Å². The maximum atomic E-state index is 16.1. The lowest BCUT2D eigenvalue weighted by molar-refractivity contribution is -0.0568. The van der Waals surface area contributed by atoms with Gasteiger partial charge in [0.15, 0.2) is 18.5 Å². The first-order chi connectivity index (χ1) is 19.0. The zero-order valence-electron chi connectivity index (χ0n) is 20.6. The molecule has 2 fully saturated rings. The van der Waals surface area contributed by atoms with Crippen LogP contribution in [0.1, 0.15) is 39.8 Å². The molecule has 1 aliphatic carbocycles. The second kappa shape index (κ2) is 10.6. The summed E-state index contributed by atoms with van der Waals surface area (Å²) in [6.45, 7) is -0.333. The van der Waals surface area contributed by atoms with E-state index in [1.165, 1.54) is 4.57 Å². The summed E-state index contributed by atoms with van der Waals surface area (Å²) in [5.74, 6) is -0.765. The van der Waals surface area contributed by atoms with E-state index in [4.69, 9.17) is 25.8 Å². The molecule has 1 aliphatic heterocycles. The van der Waals surface area contributed by atoms with Crippen LogP contribution in [0.3, 0.4) is 0 Å². The molecular weight excluding hydrogens is 527 g/mol. The first-order valence-corrected chi connectivity index (χ1v) is 12.9. The van der Waals surface area contributed by atoms with Crippen LogP contribution in [-0.2, 0) is 14.2 Å². The lowest BCUT2D eigenvalue weighted by atomic mass is 10.1. The number of carbonyl (C=O) groups is 2. The van der Waals surface area contributed by atoms with Crippen molar-refractivity contribution in [1.82, 2.24) is 14.5 Å². The van der Waals surface area contributed by atoms with E-state index in [9.17, 15) is 9.59 Å². The molecule has 0 amide bonds. The minimum Gasteiger partial charge on any atom is -0.459 e. The number of hydrogen-bond acceptors (Lipinski definition) is 8. The van der Waals surface area contributed by atoms with Crippen molar-refractivity contribution < 1.29 is 28.2 Å². The quantitative estimate of drug-likeness (QED) is 0.242. The number of ether oxygens (including phenoxy) is 3. The van der Waals surface area contributed by atoms with Gasteiger partial charge in [-0.1, -0.05) is 36.4 Å². The van der Waals surface area contributed by atoms with Crippen LogP contribution < -0.4 is 5.32 Å². The number of rotatable bonds is 8. The molecule has 1 saturated carbocycles. The summed E-state index contributed by atoms with van der Waals surface area (Å²) in [5.41, 5.74) is 0.955. The van der Waals surface area contributed by atoms with Crippen molar-refractivity contribution in [3.05, 3.63) is 89.3 Å². The van der Waals surface area contributed by atoms with Crippen molar-refractivity contribution in [2.75, 3.05) is 11.9 Å². The minimum absolute atomic E-state index is 0.000554. The molecule has 2 aliphatic rings. The molecule has 0 unspecified atom stereocenters. The molecule has 9 nitrogen and oxygen atoms in total. The average molecular weight is 551 g/mol. The number of esters is 2. The van der Waals surface area contributed by atoms with Gasteiger partial charge in [0.05, 0.1) is 16.5 Å². The average Bonchev–Trinajstić information content (AvgIpc) is 3.60. The second-order valence-electron chi connectivity index (χ2n) is 9.43. The van der Waals surface area contributed by atoms with E-state index >= 15 is 4.39 Å². The summed E-state index contributed by atoms with van der Waals surface area (Å²) in [5, 5.41) is 3.97. The van der Waals surface area contributed by atoms with Gasteiger partial charge in [-0.2, -0.15) is 4.98 Å². The van der Waals surface area contributed by atoms with Crippen LogP contribution in [-0.4, -0.2) is 57.5 Å². The van der Waals surface area contributed by atoms with Gasteiger partial charge in [0, 0.05) is 12.2 Å². The highest BCUT2D eigenvalue weighted by atomic mass is 35.5. The monoisotopic (exact) mass is 550 g/mol. The second-order valence-corrected chi connectivity index (χ2v) is 9.77. The smallest absolute Gasteiger partial charge is 0.338 e. The Morgan fingerprint density at radius 1 is 1.00 bits per heavy atom. The Balaban J connectivity index is 1.28. The topological polar surface area (TPSA) is 105 Å². The maximum absolute atomic E-state index is 16.1. The van der Waals surface area contributed by atoms with Gasteiger partial charge >= 0.3 is 11.9 Å². The van der Waals surface area contributed by atoms with Crippen molar-refractivity contribution in [2.24, 2.45) is 0 Å². The summed E-state index contributed by atoms with van der Waals surface area (Å²) in [6, 6.07) is 18.7. The largest absolute Gasteiger partial charge is 0.459 e. The Labute approximate surface area is 227 Å². The predicted molar refractivity (Wildman–Crippen MR) is 140 cm³/mol. The molecule has 4 atom stereocenters. The van der Waals surface area contributed by atoms with Crippen LogP contribution >= 0.6 is 11.6 Å². The van der Waals surface area contributed by atoms with Crippen molar-refractivity contribution >= 4 is 40.4 Å². The first-order valence-electron chi connectivity index (χ1n) is 12.6. The predicted octanol–water partition coefficient (Wildman–Crippen LogP) is 4.98. The van der Waals surface area contributed by atoms with E-state index in [0.29, 0.717) is 28.5 Å². The van der Waals surface area contributed by atoms with Crippen molar-refractivity contribution in [3.8, 4) is 0 Å². The lowest BCUT2D eigenvalue weighted by Gasteiger charge is -2.19. The van der Waals surface area contributed by atoms with Gasteiger partial charge in [-0.3, -0.25) is 0 Å². The van der Waals surface area contributed by atoms with Gasteiger partial charge < -0.3 is 24.1 Å². The fourth-order valence-corrected chi connectivity index (χ4v) is 4.68. The highest BCUT2D eigenvalue weighted by molar-refractivity contribution is 6.28. The molecule has 2 aromatic heterocycles. The van der Waals surface area contributed by atoms with Gasteiger partial charge in [-0.05, 0) is 54.8 Å². The molecule has 0 bridgehead atoms. The summed E-state index contributed by atoms with van der Waals surface area (Å²) in [7, 11) is 0. The number of anilines is 1. The number of alkyl halides is 1. The summed E-state index contributed by atoms with van der Waals surface area (Å²) >= 11 is 6.20. The molecule has 3 heterocycles. The third-order valence-corrected chi connectivity index (χ3v) is 6.81. The van der Waals surface area contributed by atoms with E-state index in [1.54, 1.807) is 72.9 Å². The number of benzene rings is 2. The molecule has 1 saturated heterocycles. The SMILES string of the molecule is O=C(OC[C@H]1O[C@@H](n2ccc3c(NC4CC4)nc(Cl)nc32)[C@@H](F)[C@@H]1OC(=O)c1ccccc1)c1ccccc1. The summed E-state index contributed by atoms with van der Waals surface area (Å²) in [6.07, 6.45) is -1.79. The number of nitrogens with zero attached hydrogens (tertiary/aromatic N) is 3. The molecule has 0 spiro atoms. The molecule has 200 valence electrons. The minimum atomic E-state index is -1.80. The van der Waals surface area contributed by atoms with Crippen LogP contribution in [0, 0.1) is 0 Å². The van der Waals surface area contributed by atoms with Crippen molar-refractivity contribution in [2.45, 2.75) is 43.5 Å². The Bertz CT molecular complexity index is 1500. The van der Waals surface area contributed by atoms with E-state index in [2.05, 4.69) is 15.3 Å². The van der Waals surface area contributed by atoms with Gasteiger partial charge in [-0.15, -0.1) is 0 Å². The van der Waals surface area contributed by atoms with E-state index in [1.807, 2.05) is 0 Å². The molecule has 2 aromatic carbocycles. The third-order valence-electron chi connectivity index (χ3n) is 6.64. The fourth-order valence-electron chi connectivity index (χ4n) is 4.52. The zero-order valence-corrected chi connectivity index (χ0v) is 21.3. The number of fused-ring (bicyclic) bond motifs is 1. The zero-order chi connectivity index (χ0) is 26.9. The number of halogens is 2. The Kier molecular flexibility index (Phi) is 6.88. The molecule has 6 rings (SSSR count). The normalized spacial score (nSPS) is 22.5. The van der Waals surface area contributed by atoms with Gasteiger partial charge in [0.25, 0.3) is 0 Å². The highest BCUT2D eigenvalue weighted by Gasteiger charge is 2.49. The lowest BCUT2D eigenvalue weighted by Crippen LogP contribution is -2.37. The van der Waals surface area contributed by atoms with E-state index in [0.717, 1.165) is 12.8 Å². The molecular formula is C28H24ClFN4O5. The molecule has 4 aromatic rings. The fraction of sp³-hybridized carbons (Fsp3) is 0.286. The van der Waals surface area contributed by atoms with Crippen molar-refractivity contribution in [3.63, 3.8) is 0 Å². The molecule has 39 heavy (non-hydrogen) atoms. The number of aromatic nitrogens is 3. The summed E-state index contributed by atoms with van der Waals surface area (Å²) < 4.78 is 34.6.